The highest BCUT2D eigenvalue weighted by atomic mass is 16.6. The second-order valence-corrected chi connectivity index (χ2v) is 9.13. The van der Waals surface area contributed by atoms with Crippen LogP contribution in [0.2, 0.25) is 0 Å². The van der Waals surface area contributed by atoms with Gasteiger partial charge >= 0.3 is 6.09 Å². The van der Waals surface area contributed by atoms with Gasteiger partial charge in [0, 0.05) is 26.2 Å². The van der Waals surface area contributed by atoms with Crippen molar-refractivity contribution >= 4 is 18.0 Å². The predicted molar refractivity (Wildman–Crippen MR) is 123 cm³/mol. The third-order valence-corrected chi connectivity index (χ3v) is 4.96. The van der Waals surface area contributed by atoms with E-state index in [1.807, 2.05) is 51.1 Å². The van der Waals surface area contributed by atoms with E-state index in [2.05, 4.69) is 20.9 Å². The average molecular weight is 432 g/mol. The van der Waals surface area contributed by atoms with E-state index in [4.69, 9.17) is 4.74 Å². The number of carbonyl (C=O) groups excluding carboxylic acids is 2. The number of guanidine groups is 1. The van der Waals surface area contributed by atoms with E-state index in [1.165, 1.54) is 0 Å². The molecule has 1 aromatic carbocycles. The van der Waals surface area contributed by atoms with Crippen molar-refractivity contribution in [3.8, 4) is 0 Å². The Morgan fingerprint density at radius 3 is 2.16 bits per heavy atom. The molecule has 1 aliphatic carbocycles. The Morgan fingerprint density at radius 1 is 1.03 bits per heavy atom. The molecule has 2 rings (SSSR count). The average Bonchev–Trinajstić information content (AvgIpc) is 2.70. The molecule has 1 aromatic rings. The molecule has 31 heavy (non-hydrogen) atoms. The van der Waals surface area contributed by atoms with Crippen LogP contribution in [0.25, 0.3) is 0 Å². The quantitative estimate of drug-likeness (QED) is 0.475. The largest absolute Gasteiger partial charge is 0.444 e. The van der Waals surface area contributed by atoms with Gasteiger partial charge in [0.2, 0.25) is 5.91 Å². The lowest BCUT2D eigenvalue weighted by Crippen LogP contribution is -2.49. The van der Waals surface area contributed by atoms with Crippen LogP contribution < -0.4 is 16.0 Å². The molecule has 1 fully saturated rings. The molecule has 0 saturated heterocycles. The lowest BCUT2D eigenvalue weighted by atomic mass is 9.91. The van der Waals surface area contributed by atoms with E-state index in [9.17, 15) is 9.59 Å². The number of amides is 2. The maximum Gasteiger partial charge on any atom is 0.407 e. The molecule has 3 N–H and O–H groups in total. The Morgan fingerprint density at radius 2 is 1.61 bits per heavy atom. The van der Waals surface area contributed by atoms with Crippen LogP contribution in [0.5, 0.6) is 0 Å². The summed E-state index contributed by atoms with van der Waals surface area (Å²) in [5.41, 5.74) is 0.607. The van der Waals surface area contributed by atoms with E-state index < -0.39 is 5.60 Å². The second kappa shape index (κ2) is 11.6. The van der Waals surface area contributed by atoms with Gasteiger partial charge in [-0.2, -0.15) is 0 Å². The number of nitrogens with zero attached hydrogens (tertiary/aromatic N) is 2. The summed E-state index contributed by atoms with van der Waals surface area (Å²) in [6.07, 6.45) is 3.15. The topological polar surface area (TPSA) is 95.1 Å². The first-order chi connectivity index (χ1) is 14.6. The summed E-state index contributed by atoms with van der Waals surface area (Å²) in [7, 11) is 3.47. The van der Waals surface area contributed by atoms with Gasteiger partial charge in [0.1, 0.15) is 5.60 Å². The minimum Gasteiger partial charge on any atom is -0.444 e. The van der Waals surface area contributed by atoms with Crippen molar-refractivity contribution in [2.24, 2.45) is 4.99 Å². The van der Waals surface area contributed by atoms with Gasteiger partial charge in [-0.1, -0.05) is 30.3 Å². The number of aliphatic imine (C=N–C) groups is 1. The lowest BCUT2D eigenvalue weighted by Gasteiger charge is -2.31. The zero-order chi connectivity index (χ0) is 22.9. The van der Waals surface area contributed by atoms with Gasteiger partial charge in [-0.15, -0.1) is 0 Å². The highest BCUT2D eigenvalue weighted by Crippen LogP contribution is 2.19. The Labute approximate surface area is 185 Å². The number of nitrogens with one attached hydrogen (secondary N) is 3. The third kappa shape index (κ3) is 9.72. The zero-order valence-electron chi connectivity index (χ0n) is 19.4. The normalized spacial score (nSPS) is 19.3. The summed E-state index contributed by atoms with van der Waals surface area (Å²) in [6, 6.07) is 10.3. The van der Waals surface area contributed by atoms with Crippen LogP contribution in [0.15, 0.2) is 35.3 Å². The minimum atomic E-state index is -0.497. The minimum absolute atomic E-state index is 0.0144. The molecule has 0 aliphatic heterocycles. The van der Waals surface area contributed by atoms with Gasteiger partial charge < -0.3 is 25.6 Å². The van der Waals surface area contributed by atoms with Crippen molar-refractivity contribution in [3.05, 3.63) is 35.9 Å². The Balaban J connectivity index is 1.88. The number of hydrogen-bond donors (Lipinski definition) is 3. The number of alkyl carbamates (subject to hydrolysis) is 1. The fraction of sp³-hybridized carbons (Fsp3) is 0.609. The molecule has 8 heteroatoms. The number of likely N-dealkylation sites (N-methyl/N-ethyl adjacent to an activating group) is 1. The first-order valence-electron chi connectivity index (χ1n) is 10.9. The van der Waals surface area contributed by atoms with E-state index in [1.54, 1.807) is 19.0 Å². The van der Waals surface area contributed by atoms with Gasteiger partial charge in [0.05, 0.1) is 13.1 Å². The number of benzene rings is 1. The zero-order valence-corrected chi connectivity index (χ0v) is 19.4. The molecule has 2 amide bonds. The predicted octanol–water partition coefficient (Wildman–Crippen LogP) is 2.65. The van der Waals surface area contributed by atoms with Gasteiger partial charge in [0.15, 0.2) is 5.96 Å². The number of hydrogen-bond acceptors (Lipinski definition) is 4. The van der Waals surface area contributed by atoms with Gasteiger partial charge in [-0.25, -0.2) is 9.79 Å². The van der Waals surface area contributed by atoms with Crippen LogP contribution in [0.3, 0.4) is 0 Å². The molecule has 1 aliphatic rings. The van der Waals surface area contributed by atoms with Crippen molar-refractivity contribution in [3.63, 3.8) is 0 Å². The molecule has 0 aromatic heterocycles. The standard InChI is InChI=1S/C23H37N5O3/c1-23(2,3)31-22(30)27-19-13-11-18(12-14-19)26-21(25-16-20(29)28(4)5)24-15-17-9-7-6-8-10-17/h6-10,18-19H,11-16H2,1-5H3,(H,27,30)(H2,24,25,26). The summed E-state index contributed by atoms with van der Waals surface area (Å²) in [6.45, 7) is 6.29. The first-order valence-corrected chi connectivity index (χ1v) is 10.9. The molecule has 0 radical (unpaired) electrons. The van der Waals surface area contributed by atoms with Crippen LogP contribution >= 0.6 is 0 Å². The van der Waals surface area contributed by atoms with Crippen molar-refractivity contribution in [2.75, 3.05) is 20.6 Å². The maximum atomic E-state index is 12.0. The summed E-state index contributed by atoms with van der Waals surface area (Å²) >= 11 is 0. The highest BCUT2D eigenvalue weighted by Gasteiger charge is 2.25. The Bertz CT molecular complexity index is 735. The summed E-state index contributed by atoms with van der Waals surface area (Å²) in [4.78, 5) is 30.2. The second-order valence-electron chi connectivity index (χ2n) is 9.13. The van der Waals surface area contributed by atoms with Crippen LogP contribution in [0.1, 0.15) is 52.0 Å². The third-order valence-electron chi connectivity index (χ3n) is 4.96. The summed E-state index contributed by atoms with van der Waals surface area (Å²) in [5, 5.41) is 9.57. The van der Waals surface area contributed by atoms with Gasteiger partial charge in [-0.3, -0.25) is 4.79 Å². The van der Waals surface area contributed by atoms with E-state index in [-0.39, 0.29) is 30.6 Å². The molecule has 0 bridgehead atoms. The van der Waals surface area contributed by atoms with Crippen molar-refractivity contribution in [1.82, 2.24) is 20.9 Å². The molecule has 1 saturated carbocycles. The van der Waals surface area contributed by atoms with E-state index in [0.29, 0.717) is 12.5 Å². The van der Waals surface area contributed by atoms with E-state index >= 15 is 0 Å². The molecule has 0 atom stereocenters. The summed E-state index contributed by atoms with van der Waals surface area (Å²) < 4.78 is 5.35. The smallest absolute Gasteiger partial charge is 0.407 e. The number of carbonyl (C=O) groups is 2. The van der Waals surface area contributed by atoms with Gasteiger partial charge in [0.25, 0.3) is 0 Å². The molecular formula is C23H37N5O3. The Hall–Kier alpha value is -2.77. The molecule has 0 heterocycles. The molecular weight excluding hydrogens is 394 g/mol. The molecule has 0 spiro atoms. The monoisotopic (exact) mass is 431 g/mol. The van der Waals surface area contributed by atoms with Crippen molar-refractivity contribution in [1.29, 1.82) is 0 Å². The maximum absolute atomic E-state index is 12.0. The fourth-order valence-corrected chi connectivity index (χ4v) is 3.27. The molecule has 0 unspecified atom stereocenters. The first kappa shape index (κ1) is 24.5. The van der Waals surface area contributed by atoms with Crippen LogP contribution in [0.4, 0.5) is 4.79 Å². The highest BCUT2D eigenvalue weighted by molar-refractivity contribution is 5.86. The van der Waals surface area contributed by atoms with Crippen molar-refractivity contribution in [2.45, 2.75) is 70.7 Å². The van der Waals surface area contributed by atoms with Crippen LogP contribution in [0, 0.1) is 0 Å². The van der Waals surface area contributed by atoms with Crippen molar-refractivity contribution < 1.29 is 14.3 Å². The molecule has 172 valence electrons. The van der Waals surface area contributed by atoms with Gasteiger partial charge in [-0.05, 0) is 52.0 Å². The number of ether oxygens (including phenoxy) is 1. The molecule has 8 nitrogen and oxygen atoms in total. The van der Waals surface area contributed by atoms with Crippen LogP contribution in [-0.2, 0) is 16.1 Å². The lowest BCUT2D eigenvalue weighted by molar-refractivity contribution is -0.127. The van der Waals surface area contributed by atoms with Crippen LogP contribution in [-0.4, -0.2) is 61.2 Å². The SMILES string of the molecule is CN(C)C(=O)CNC(=NCc1ccccc1)NC1CCC(NC(=O)OC(C)(C)C)CC1. The Kier molecular flexibility index (Phi) is 9.15. The summed E-state index contributed by atoms with van der Waals surface area (Å²) in [5.74, 6) is 0.613. The fourth-order valence-electron chi connectivity index (χ4n) is 3.27. The number of rotatable bonds is 6. The van der Waals surface area contributed by atoms with E-state index in [0.717, 1.165) is 31.2 Å².